The number of rotatable bonds is 5. The molecule has 4 rings (SSSR count). The topological polar surface area (TPSA) is 104 Å². The summed E-state index contributed by atoms with van der Waals surface area (Å²) >= 11 is 0. The van der Waals surface area contributed by atoms with Crippen molar-refractivity contribution in [3.8, 4) is 0 Å². The zero-order valence-corrected chi connectivity index (χ0v) is 16.7. The Morgan fingerprint density at radius 3 is 2.58 bits per heavy atom. The molecule has 1 aliphatic heterocycles. The first-order valence-corrected chi connectivity index (χ1v) is 9.86. The summed E-state index contributed by atoms with van der Waals surface area (Å²) in [4.78, 5) is 42.9. The molecule has 160 valence electrons. The van der Waals surface area contributed by atoms with Gasteiger partial charge in [-0.1, -0.05) is 19.1 Å². The molecule has 0 radical (unpaired) electrons. The molecule has 1 atom stereocenters. The minimum absolute atomic E-state index is 0.270. The van der Waals surface area contributed by atoms with Crippen molar-refractivity contribution in [3.05, 3.63) is 59.4 Å². The van der Waals surface area contributed by atoms with Crippen LogP contribution in [0.25, 0.3) is 11.0 Å². The van der Waals surface area contributed by atoms with Crippen molar-refractivity contribution in [1.82, 2.24) is 15.3 Å². The van der Waals surface area contributed by atoms with E-state index in [0.717, 1.165) is 5.56 Å². The number of benzene rings is 2. The molecule has 9 heteroatoms. The van der Waals surface area contributed by atoms with Gasteiger partial charge in [-0.15, -0.1) is 0 Å². The smallest absolute Gasteiger partial charge is 0.295 e. The Bertz CT molecular complexity index is 1170. The summed E-state index contributed by atoms with van der Waals surface area (Å²) in [6.45, 7) is 1.90. The number of imide groups is 1. The molecule has 0 aliphatic carbocycles. The number of carbonyl (C=O) groups is 3. The summed E-state index contributed by atoms with van der Waals surface area (Å²) < 4.78 is 25.6. The van der Waals surface area contributed by atoms with Crippen LogP contribution < -0.4 is 10.6 Å². The van der Waals surface area contributed by atoms with E-state index in [2.05, 4.69) is 20.6 Å². The van der Waals surface area contributed by atoms with E-state index < -0.39 is 23.6 Å². The molecule has 0 bridgehead atoms. The van der Waals surface area contributed by atoms with Crippen LogP contribution in [0.5, 0.6) is 0 Å². The predicted molar refractivity (Wildman–Crippen MR) is 110 cm³/mol. The Labute approximate surface area is 176 Å². The average molecular weight is 426 g/mol. The fourth-order valence-electron chi connectivity index (χ4n) is 3.92. The molecular formula is C22H20F2N4O3. The fourth-order valence-corrected chi connectivity index (χ4v) is 3.92. The lowest BCUT2D eigenvalue weighted by Crippen LogP contribution is -2.51. The van der Waals surface area contributed by atoms with Gasteiger partial charge in [-0.05, 0) is 48.7 Å². The second-order valence-electron chi connectivity index (χ2n) is 7.50. The maximum Gasteiger partial charge on any atom is 0.295 e. The molecule has 0 saturated carbocycles. The Balaban J connectivity index is 1.52. The minimum Gasteiger partial charge on any atom is -0.337 e. The van der Waals surface area contributed by atoms with Gasteiger partial charge in [0.25, 0.3) is 12.3 Å². The highest BCUT2D eigenvalue weighted by Gasteiger charge is 2.42. The molecular weight excluding hydrogens is 406 g/mol. The van der Waals surface area contributed by atoms with Crippen LogP contribution in [0.4, 0.5) is 14.5 Å². The van der Waals surface area contributed by atoms with E-state index in [4.69, 9.17) is 0 Å². The second kappa shape index (κ2) is 7.90. The Hall–Kier alpha value is -3.62. The molecule has 31 heavy (non-hydrogen) atoms. The molecule has 3 amide bonds. The van der Waals surface area contributed by atoms with E-state index in [0.29, 0.717) is 29.6 Å². The first kappa shape index (κ1) is 20.6. The summed E-state index contributed by atoms with van der Waals surface area (Å²) in [5.41, 5.74) is 1.51. The number of anilines is 1. The number of nitrogens with one attached hydrogen (secondary N) is 3. The SMILES string of the molecule is CCC1(c2ccc(NC(=O)c3ccc4nc(C(F)F)[nH]c4c3)cc2)CCC(=O)NC1=O. The van der Waals surface area contributed by atoms with Crippen LogP contribution in [-0.4, -0.2) is 27.7 Å². The number of amides is 3. The highest BCUT2D eigenvalue weighted by atomic mass is 19.3. The normalized spacial score (nSPS) is 19.0. The van der Waals surface area contributed by atoms with Gasteiger partial charge in [-0.2, -0.15) is 0 Å². The van der Waals surface area contributed by atoms with E-state index in [9.17, 15) is 23.2 Å². The van der Waals surface area contributed by atoms with Crippen molar-refractivity contribution in [2.75, 3.05) is 5.32 Å². The van der Waals surface area contributed by atoms with Crippen LogP contribution in [0.1, 0.15) is 54.4 Å². The lowest BCUT2D eigenvalue weighted by Gasteiger charge is -2.35. The van der Waals surface area contributed by atoms with Gasteiger partial charge >= 0.3 is 0 Å². The number of alkyl halides is 2. The van der Waals surface area contributed by atoms with Gasteiger partial charge in [-0.3, -0.25) is 19.7 Å². The van der Waals surface area contributed by atoms with E-state index in [1.807, 2.05) is 6.92 Å². The van der Waals surface area contributed by atoms with Crippen molar-refractivity contribution in [3.63, 3.8) is 0 Å². The number of halogens is 2. The first-order valence-electron chi connectivity index (χ1n) is 9.86. The third kappa shape index (κ3) is 3.78. The van der Waals surface area contributed by atoms with E-state index in [1.54, 1.807) is 24.3 Å². The number of hydrogen-bond acceptors (Lipinski definition) is 4. The summed E-state index contributed by atoms with van der Waals surface area (Å²) in [6, 6.07) is 11.4. The van der Waals surface area contributed by atoms with E-state index >= 15 is 0 Å². The zero-order valence-electron chi connectivity index (χ0n) is 16.7. The number of fused-ring (bicyclic) bond motifs is 1. The second-order valence-corrected chi connectivity index (χ2v) is 7.50. The number of carbonyl (C=O) groups excluding carboxylic acids is 3. The van der Waals surface area contributed by atoms with Gasteiger partial charge in [-0.25, -0.2) is 13.8 Å². The Kier molecular flexibility index (Phi) is 5.26. The van der Waals surface area contributed by atoms with E-state index in [1.165, 1.54) is 18.2 Å². The zero-order chi connectivity index (χ0) is 22.2. The number of hydrogen-bond donors (Lipinski definition) is 3. The number of aromatic amines is 1. The van der Waals surface area contributed by atoms with Crippen LogP contribution in [-0.2, 0) is 15.0 Å². The van der Waals surface area contributed by atoms with Crippen LogP contribution >= 0.6 is 0 Å². The highest BCUT2D eigenvalue weighted by Crippen LogP contribution is 2.36. The van der Waals surface area contributed by atoms with Gasteiger partial charge in [0.05, 0.1) is 16.4 Å². The van der Waals surface area contributed by atoms with Crippen molar-refractivity contribution < 1.29 is 23.2 Å². The van der Waals surface area contributed by atoms with Gasteiger partial charge in [0.1, 0.15) is 0 Å². The molecule has 1 saturated heterocycles. The molecule has 3 aromatic rings. The lowest BCUT2D eigenvalue weighted by atomic mass is 9.72. The summed E-state index contributed by atoms with van der Waals surface area (Å²) in [5.74, 6) is -1.43. The number of piperidine rings is 1. The quantitative estimate of drug-likeness (QED) is 0.539. The van der Waals surface area contributed by atoms with Gasteiger partial charge in [0.15, 0.2) is 5.82 Å². The summed E-state index contributed by atoms with van der Waals surface area (Å²) in [5, 5.41) is 5.16. The minimum atomic E-state index is -2.72. The van der Waals surface area contributed by atoms with Crippen LogP contribution in [0, 0.1) is 0 Å². The Morgan fingerprint density at radius 1 is 1.19 bits per heavy atom. The van der Waals surface area contributed by atoms with E-state index in [-0.39, 0.29) is 23.8 Å². The van der Waals surface area contributed by atoms with Gasteiger partial charge in [0, 0.05) is 17.7 Å². The molecule has 1 aliphatic rings. The number of imidazole rings is 1. The van der Waals surface area contributed by atoms with Gasteiger partial charge in [0.2, 0.25) is 11.8 Å². The van der Waals surface area contributed by atoms with Crippen molar-refractivity contribution in [2.45, 2.75) is 38.0 Å². The Morgan fingerprint density at radius 2 is 1.94 bits per heavy atom. The lowest BCUT2D eigenvalue weighted by molar-refractivity contribution is -0.138. The summed E-state index contributed by atoms with van der Waals surface area (Å²) in [7, 11) is 0. The number of aromatic nitrogens is 2. The number of nitrogens with zero attached hydrogens (tertiary/aromatic N) is 1. The first-order chi connectivity index (χ1) is 14.8. The van der Waals surface area contributed by atoms with Gasteiger partial charge < -0.3 is 10.3 Å². The highest BCUT2D eigenvalue weighted by molar-refractivity contribution is 6.06. The molecule has 1 aromatic heterocycles. The predicted octanol–water partition coefficient (Wildman–Crippen LogP) is 3.84. The molecule has 7 nitrogen and oxygen atoms in total. The largest absolute Gasteiger partial charge is 0.337 e. The standard InChI is InChI=1S/C22H20F2N4O3/c1-2-22(10-9-17(29)28-21(22)31)13-4-6-14(7-5-13)25-20(30)12-3-8-15-16(11-12)27-19(26-15)18(23)24/h3-8,11,18H,2,9-10H2,1H3,(H,25,30)(H,26,27)(H,28,29,31). The third-order valence-electron chi connectivity index (χ3n) is 5.73. The summed E-state index contributed by atoms with van der Waals surface area (Å²) in [6.07, 6.45) is -1.46. The van der Waals surface area contributed by atoms with Crippen molar-refractivity contribution in [1.29, 1.82) is 0 Å². The number of H-pyrrole nitrogens is 1. The molecule has 1 fully saturated rings. The molecule has 3 N–H and O–H groups in total. The molecule has 1 unspecified atom stereocenters. The average Bonchev–Trinajstić information content (AvgIpc) is 3.19. The third-order valence-corrected chi connectivity index (χ3v) is 5.73. The van der Waals surface area contributed by atoms with Crippen molar-refractivity contribution in [2.24, 2.45) is 0 Å². The maximum absolute atomic E-state index is 12.8. The molecule has 0 spiro atoms. The molecule has 2 aromatic carbocycles. The van der Waals surface area contributed by atoms with Crippen LogP contribution in [0.15, 0.2) is 42.5 Å². The fraction of sp³-hybridized carbons (Fsp3) is 0.273. The van der Waals surface area contributed by atoms with Crippen LogP contribution in [0.3, 0.4) is 0 Å². The molecule has 2 heterocycles. The monoisotopic (exact) mass is 426 g/mol. The maximum atomic E-state index is 12.8. The van der Waals surface area contributed by atoms with Crippen LogP contribution in [0.2, 0.25) is 0 Å². The van der Waals surface area contributed by atoms with Crippen molar-refractivity contribution >= 4 is 34.4 Å².